The first-order chi connectivity index (χ1) is 19.8. The molecule has 0 radical (unpaired) electrons. The molecule has 8 rings (SSSR count). The number of fused-ring (bicyclic) bond motifs is 4. The van der Waals surface area contributed by atoms with Crippen LogP contribution in [-0.4, -0.2) is 24.1 Å². The van der Waals surface area contributed by atoms with Crippen molar-refractivity contribution in [3.05, 3.63) is 121 Å². The van der Waals surface area contributed by atoms with Gasteiger partial charge >= 0.3 is 0 Å². The van der Waals surface area contributed by atoms with E-state index in [0.717, 1.165) is 61.0 Å². The first-order valence-corrected chi connectivity index (χ1v) is 14.0. The van der Waals surface area contributed by atoms with Crippen LogP contribution in [0.2, 0.25) is 0 Å². The van der Waals surface area contributed by atoms with E-state index in [1.165, 1.54) is 10.8 Å². The third kappa shape index (κ3) is 3.50. The van der Waals surface area contributed by atoms with Crippen LogP contribution < -0.4 is 0 Å². The van der Waals surface area contributed by atoms with Gasteiger partial charge in [0.25, 0.3) is 0 Å². The van der Waals surface area contributed by atoms with Crippen LogP contribution in [0, 0.1) is 0 Å². The lowest BCUT2D eigenvalue weighted by atomic mass is 10.0. The van der Waals surface area contributed by atoms with Crippen molar-refractivity contribution in [2.24, 2.45) is 7.05 Å². The predicted octanol–water partition coefficient (Wildman–Crippen LogP) is 8.52. The average Bonchev–Trinajstić information content (AvgIpc) is 3.74. The van der Waals surface area contributed by atoms with Gasteiger partial charge in [-0.15, -0.1) is 11.3 Å². The Morgan fingerprint density at radius 2 is 1.50 bits per heavy atom. The summed E-state index contributed by atoms with van der Waals surface area (Å²) in [5.74, 6) is 0.923. The van der Waals surface area contributed by atoms with Crippen molar-refractivity contribution < 1.29 is 0 Å². The third-order valence-electron chi connectivity index (χ3n) is 7.57. The molecule has 6 heteroatoms. The number of para-hydroxylation sites is 3. The second-order valence-electron chi connectivity index (χ2n) is 9.85. The summed E-state index contributed by atoms with van der Waals surface area (Å²) in [4.78, 5) is 14.4. The predicted molar refractivity (Wildman–Crippen MR) is 165 cm³/mol. The van der Waals surface area contributed by atoms with E-state index in [0.29, 0.717) is 0 Å². The highest BCUT2D eigenvalue weighted by Crippen LogP contribution is 2.41. The Kier molecular flexibility index (Phi) is 5.15. The number of hydrogen-bond acceptors (Lipinski definition) is 4. The fourth-order valence-corrected chi connectivity index (χ4v) is 6.40. The van der Waals surface area contributed by atoms with Crippen molar-refractivity contribution >= 4 is 44.2 Å². The molecule has 4 aromatic carbocycles. The van der Waals surface area contributed by atoms with Crippen molar-refractivity contribution in [3.8, 4) is 38.9 Å². The van der Waals surface area contributed by atoms with Gasteiger partial charge in [-0.25, -0.2) is 9.97 Å². The van der Waals surface area contributed by atoms with E-state index in [2.05, 4.69) is 106 Å². The average molecular weight is 534 g/mol. The molecule has 0 unspecified atom stereocenters. The molecule has 0 fully saturated rings. The van der Waals surface area contributed by atoms with Gasteiger partial charge in [-0.1, -0.05) is 48.5 Å². The Bertz CT molecular complexity index is 2170. The highest BCUT2D eigenvalue weighted by molar-refractivity contribution is 7.13. The zero-order valence-corrected chi connectivity index (χ0v) is 22.5. The number of benzene rings is 4. The molecule has 0 aliphatic carbocycles. The Morgan fingerprint density at radius 3 is 2.33 bits per heavy atom. The zero-order valence-electron chi connectivity index (χ0n) is 21.7. The molecule has 0 bridgehead atoms. The van der Waals surface area contributed by atoms with Crippen molar-refractivity contribution in [3.63, 3.8) is 0 Å². The maximum Gasteiger partial charge on any atom is 0.141 e. The van der Waals surface area contributed by atoms with Crippen molar-refractivity contribution in [1.29, 1.82) is 0 Å². The zero-order chi connectivity index (χ0) is 26.6. The van der Waals surface area contributed by atoms with Gasteiger partial charge in [-0.05, 0) is 54.6 Å². The summed E-state index contributed by atoms with van der Waals surface area (Å²) in [6, 6.07) is 36.1. The number of thiazole rings is 1. The summed E-state index contributed by atoms with van der Waals surface area (Å²) in [5, 5.41) is 5.41. The topological polar surface area (TPSA) is 48.5 Å². The maximum absolute atomic E-state index is 5.09. The monoisotopic (exact) mass is 533 g/mol. The molecule has 0 saturated carbocycles. The molecule has 190 valence electrons. The number of nitrogens with zero attached hydrogens (tertiary/aromatic N) is 5. The molecule has 0 saturated heterocycles. The summed E-state index contributed by atoms with van der Waals surface area (Å²) >= 11 is 1.65. The quantitative estimate of drug-likeness (QED) is 0.228. The fourth-order valence-electron chi connectivity index (χ4n) is 5.74. The molecule has 8 aromatic rings. The second kappa shape index (κ2) is 9.00. The molecule has 0 aliphatic rings. The molecular weight excluding hydrogens is 510 g/mol. The van der Waals surface area contributed by atoms with Gasteiger partial charge in [0, 0.05) is 58.0 Å². The van der Waals surface area contributed by atoms with Crippen molar-refractivity contribution in [2.75, 3.05) is 0 Å². The van der Waals surface area contributed by atoms with Crippen LogP contribution in [0.3, 0.4) is 0 Å². The maximum atomic E-state index is 5.09. The molecule has 4 heterocycles. The molecule has 4 aromatic heterocycles. The highest BCUT2D eigenvalue weighted by Gasteiger charge is 2.21. The summed E-state index contributed by atoms with van der Waals surface area (Å²) in [5.41, 5.74) is 9.64. The fraction of sp³-hybridized carbons (Fsp3) is 0.0294. The van der Waals surface area contributed by atoms with Crippen LogP contribution in [0.5, 0.6) is 0 Å². The van der Waals surface area contributed by atoms with E-state index < -0.39 is 0 Å². The minimum Gasteiger partial charge on any atom is -0.327 e. The second-order valence-corrected chi connectivity index (χ2v) is 10.7. The minimum absolute atomic E-state index is 0.923. The van der Waals surface area contributed by atoms with Crippen LogP contribution in [0.4, 0.5) is 0 Å². The van der Waals surface area contributed by atoms with E-state index in [1.807, 2.05) is 36.0 Å². The number of imidazole rings is 1. The van der Waals surface area contributed by atoms with Gasteiger partial charge in [0.1, 0.15) is 10.8 Å². The van der Waals surface area contributed by atoms with E-state index in [1.54, 1.807) is 11.3 Å². The summed E-state index contributed by atoms with van der Waals surface area (Å²) < 4.78 is 4.54. The lowest BCUT2D eigenvalue weighted by Gasteiger charge is -2.13. The largest absolute Gasteiger partial charge is 0.327 e. The molecule has 0 amide bonds. The van der Waals surface area contributed by atoms with Gasteiger partial charge in [0.05, 0.1) is 27.8 Å². The molecule has 0 atom stereocenters. The highest BCUT2D eigenvalue weighted by atomic mass is 32.1. The lowest BCUT2D eigenvalue weighted by Crippen LogP contribution is -1.98. The lowest BCUT2D eigenvalue weighted by molar-refractivity contribution is 0.960. The van der Waals surface area contributed by atoms with Crippen LogP contribution in [0.1, 0.15) is 0 Å². The number of rotatable bonds is 4. The van der Waals surface area contributed by atoms with Crippen LogP contribution in [-0.2, 0) is 7.05 Å². The molecule has 5 nitrogen and oxygen atoms in total. The van der Waals surface area contributed by atoms with Gasteiger partial charge in [0.15, 0.2) is 0 Å². The number of aromatic nitrogens is 5. The Morgan fingerprint density at radius 1 is 0.650 bits per heavy atom. The molecule has 0 spiro atoms. The molecular formula is C34H23N5S. The Labute approximate surface area is 234 Å². The normalized spacial score (nSPS) is 11.6. The van der Waals surface area contributed by atoms with Crippen LogP contribution in [0.15, 0.2) is 121 Å². The van der Waals surface area contributed by atoms with Gasteiger partial charge < -0.3 is 9.13 Å². The summed E-state index contributed by atoms with van der Waals surface area (Å²) in [6.07, 6.45) is 3.71. The van der Waals surface area contributed by atoms with Crippen molar-refractivity contribution in [1.82, 2.24) is 24.1 Å². The number of pyridine rings is 1. The van der Waals surface area contributed by atoms with E-state index in [9.17, 15) is 0 Å². The molecule has 0 N–H and O–H groups in total. The summed E-state index contributed by atoms with van der Waals surface area (Å²) in [6.45, 7) is 0. The van der Waals surface area contributed by atoms with Crippen LogP contribution in [0.25, 0.3) is 71.7 Å². The number of hydrogen-bond donors (Lipinski definition) is 0. The van der Waals surface area contributed by atoms with Gasteiger partial charge in [0.2, 0.25) is 0 Å². The smallest absolute Gasteiger partial charge is 0.141 e. The van der Waals surface area contributed by atoms with Gasteiger partial charge in [-0.2, -0.15) is 0 Å². The van der Waals surface area contributed by atoms with E-state index in [-0.39, 0.29) is 0 Å². The van der Waals surface area contributed by atoms with E-state index in [4.69, 9.17) is 9.97 Å². The molecule has 40 heavy (non-hydrogen) atoms. The van der Waals surface area contributed by atoms with Crippen LogP contribution >= 0.6 is 11.3 Å². The minimum atomic E-state index is 0.923. The standard InChI is InChI=1S/C34H23N5S/c1-38-31-15-5-3-13-29(31)37-33(38)26-21-32-25(20-27(26)34-36-17-18-40-34)24-11-2-4-14-30(24)39(32)23-10-8-9-22(19-23)28-12-6-7-16-35-28/h2-21H,1H3. The first kappa shape index (κ1) is 22.9. The Balaban J connectivity index is 1.46. The van der Waals surface area contributed by atoms with E-state index >= 15 is 0 Å². The number of aryl methyl sites for hydroxylation is 1. The SMILES string of the molecule is Cn1c(-c2cc3c(cc2-c2nccs2)c2ccccc2n3-c2cccc(-c3ccccn3)c2)nc2ccccc21. The van der Waals surface area contributed by atoms with Crippen molar-refractivity contribution in [2.45, 2.75) is 0 Å². The first-order valence-electron chi connectivity index (χ1n) is 13.2. The molecule has 0 aliphatic heterocycles. The third-order valence-corrected chi connectivity index (χ3v) is 8.37. The Hall–Kier alpha value is -5.07. The van der Waals surface area contributed by atoms with Gasteiger partial charge in [-0.3, -0.25) is 4.98 Å². The summed E-state index contributed by atoms with van der Waals surface area (Å²) in [7, 11) is 2.09.